The summed E-state index contributed by atoms with van der Waals surface area (Å²) in [6, 6.07) is 11.6. The number of aromatic nitrogens is 2. The van der Waals surface area contributed by atoms with Gasteiger partial charge in [-0.25, -0.2) is 4.98 Å². The highest BCUT2D eigenvalue weighted by Crippen LogP contribution is 2.25. The molecular weight excluding hydrogens is 316 g/mol. The van der Waals surface area contributed by atoms with E-state index < -0.39 is 10.8 Å². The minimum atomic E-state index is -0.519. The molecule has 0 fully saturated rings. The van der Waals surface area contributed by atoms with Crippen molar-refractivity contribution in [2.75, 3.05) is 0 Å². The van der Waals surface area contributed by atoms with Crippen molar-refractivity contribution in [1.82, 2.24) is 9.97 Å². The van der Waals surface area contributed by atoms with E-state index >= 15 is 0 Å². The van der Waals surface area contributed by atoms with E-state index in [2.05, 4.69) is 9.97 Å². The lowest BCUT2D eigenvalue weighted by Gasteiger charge is -1.98. The monoisotopic (exact) mass is 328 g/mol. The summed E-state index contributed by atoms with van der Waals surface area (Å²) in [6.07, 6.45) is 0. The zero-order valence-corrected chi connectivity index (χ0v) is 12.7. The first-order valence-corrected chi connectivity index (χ1v) is 7.68. The van der Waals surface area contributed by atoms with Gasteiger partial charge in [-0.05, 0) is 17.7 Å². The molecule has 2 aromatic carbocycles. The zero-order valence-electron chi connectivity index (χ0n) is 11.9. The molecule has 0 aliphatic carbocycles. The Morgan fingerprint density at radius 3 is 2.65 bits per heavy atom. The van der Waals surface area contributed by atoms with Gasteiger partial charge in [-0.15, -0.1) is 0 Å². The number of amides is 1. The van der Waals surface area contributed by atoms with Gasteiger partial charge < -0.3 is 10.7 Å². The lowest BCUT2D eigenvalue weighted by Crippen LogP contribution is -2.11. The normalized spacial score (nSPS) is 10.8. The highest BCUT2D eigenvalue weighted by molar-refractivity contribution is 7.98. The highest BCUT2D eigenvalue weighted by Gasteiger charge is 2.11. The smallest absolute Gasteiger partial charge is 0.269 e. The van der Waals surface area contributed by atoms with Crippen LogP contribution < -0.4 is 5.73 Å². The molecule has 3 N–H and O–H groups in total. The van der Waals surface area contributed by atoms with Gasteiger partial charge in [0.1, 0.15) is 5.52 Å². The van der Waals surface area contributed by atoms with Gasteiger partial charge in [0.2, 0.25) is 0 Å². The molecule has 1 heterocycles. The molecule has 0 bridgehead atoms. The van der Waals surface area contributed by atoms with Crippen LogP contribution in [0.4, 0.5) is 5.69 Å². The second-order valence-electron chi connectivity index (χ2n) is 4.82. The molecule has 0 spiro atoms. The van der Waals surface area contributed by atoms with E-state index in [1.807, 2.05) is 6.07 Å². The Morgan fingerprint density at radius 1 is 1.26 bits per heavy atom. The number of H-pyrrole nitrogens is 1. The number of thioether (sulfide) groups is 1. The number of carbonyl (C=O) groups is 1. The minimum absolute atomic E-state index is 0.0635. The summed E-state index contributed by atoms with van der Waals surface area (Å²) in [4.78, 5) is 29.1. The molecular formula is C15H12N4O3S. The van der Waals surface area contributed by atoms with Crippen LogP contribution >= 0.6 is 11.8 Å². The second-order valence-corrected chi connectivity index (χ2v) is 5.78. The van der Waals surface area contributed by atoms with Crippen LogP contribution in [0.2, 0.25) is 0 Å². The van der Waals surface area contributed by atoms with Crippen LogP contribution in [0.3, 0.4) is 0 Å². The van der Waals surface area contributed by atoms with Crippen LogP contribution in [0.25, 0.3) is 11.0 Å². The van der Waals surface area contributed by atoms with E-state index in [1.54, 1.807) is 24.3 Å². The van der Waals surface area contributed by atoms with E-state index in [0.717, 1.165) is 11.1 Å². The maximum atomic E-state index is 11.4. The number of imidazole rings is 1. The molecule has 0 radical (unpaired) electrons. The van der Waals surface area contributed by atoms with Gasteiger partial charge in [0.15, 0.2) is 5.16 Å². The number of nitro groups is 1. The van der Waals surface area contributed by atoms with Crippen molar-refractivity contribution in [2.24, 2.45) is 5.73 Å². The zero-order chi connectivity index (χ0) is 16.4. The van der Waals surface area contributed by atoms with Crippen LogP contribution in [0.1, 0.15) is 15.9 Å². The van der Waals surface area contributed by atoms with E-state index in [-0.39, 0.29) is 5.69 Å². The molecule has 3 rings (SSSR count). The quantitative estimate of drug-likeness (QED) is 0.424. The molecule has 3 aromatic rings. The fourth-order valence-corrected chi connectivity index (χ4v) is 2.98. The Bertz CT molecular complexity index is 889. The first kappa shape index (κ1) is 15.0. The lowest BCUT2D eigenvalue weighted by molar-refractivity contribution is -0.384. The molecule has 0 saturated carbocycles. The third kappa shape index (κ3) is 3.16. The van der Waals surface area contributed by atoms with Crippen molar-refractivity contribution in [3.8, 4) is 0 Å². The second kappa shape index (κ2) is 6.09. The van der Waals surface area contributed by atoms with Crippen molar-refractivity contribution < 1.29 is 9.72 Å². The minimum Gasteiger partial charge on any atom is -0.366 e. The molecule has 0 unspecified atom stereocenters. The number of hydrogen-bond acceptors (Lipinski definition) is 5. The fourth-order valence-electron chi connectivity index (χ4n) is 2.14. The highest BCUT2D eigenvalue weighted by atomic mass is 32.2. The molecule has 1 aromatic heterocycles. The number of non-ortho nitro benzene ring substituents is 1. The summed E-state index contributed by atoms with van der Waals surface area (Å²) >= 11 is 1.45. The Labute approximate surface area is 135 Å². The number of para-hydroxylation sites is 1. The summed E-state index contributed by atoms with van der Waals surface area (Å²) in [7, 11) is 0. The standard InChI is InChI=1S/C15H12N4O3S/c16-14(20)11-2-1-3-12-13(11)18-15(17-12)23-8-9-4-6-10(7-5-9)19(21)22/h1-7H,8H2,(H2,16,20)(H,17,18). The van der Waals surface area contributed by atoms with E-state index in [4.69, 9.17) is 5.73 Å². The first-order valence-electron chi connectivity index (χ1n) is 6.69. The maximum absolute atomic E-state index is 11.4. The number of nitrogens with one attached hydrogen (secondary N) is 1. The fraction of sp³-hybridized carbons (Fsp3) is 0.0667. The molecule has 116 valence electrons. The molecule has 0 aliphatic heterocycles. The number of fused-ring (bicyclic) bond motifs is 1. The van der Waals surface area contributed by atoms with Crippen molar-refractivity contribution in [3.05, 3.63) is 63.7 Å². The average Bonchev–Trinajstić information content (AvgIpc) is 2.95. The molecule has 1 amide bonds. The number of hydrogen-bond donors (Lipinski definition) is 2. The number of nitrogens with two attached hydrogens (primary N) is 1. The predicted molar refractivity (Wildman–Crippen MR) is 87.3 cm³/mol. The summed E-state index contributed by atoms with van der Waals surface area (Å²) in [5, 5.41) is 11.3. The van der Waals surface area contributed by atoms with E-state index in [0.29, 0.717) is 22.0 Å². The largest absolute Gasteiger partial charge is 0.366 e. The number of primary amides is 1. The summed E-state index contributed by atoms with van der Waals surface area (Å²) < 4.78 is 0. The van der Waals surface area contributed by atoms with E-state index in [1.165, 1.54) is 23.9 Å². The maximum Gasteiger partial charge on any atom is 0.269 e. The van der Waals surface area contributed by atoms with Gasteiger partial charge in [-0.1, -0.05) is 30.0 Å². The third-order valence-electron chi connectivity index (χ3n) is 3.28. The van der Waals surface area contributed by atoms with Crippen LogP contribution in [-0.2, 0) is 5.75 Å². The van der Waals surface area contributed by atoms with Gasteiger partial charge in [0.25, 0.3) is 11.6 Å². The Hall–Kier alpha value is -2.87. The lowest BCUT2D eigenvalue weighted by atomic mass is 10.2. The SMILES string of the molecule is NC(=O)c1cccc2[nH]c(SCc3ccc([N+](=O)[O-])cc3)nc12. The van der Waals surface area contributed by atoms with Gasteiger partial charge >= 0.3 is 0 Å². The summed E-state index contributed by atoms with van der Waals surface area (Å²) in [6.45, 7) is 0. The van der Waals surface area contributed by atoms with E-state index in [9.17, 15) is 14.9 Å². The van der Waals surface area contributed by atoms with Crippen LogP contribution in [0.5, 0.6) is 0 Å². The molecule has 23 heavy (non-hydrogen) atoms. The molecule has 0 atom stereocenters. The van der Waals surface area contributed by atoms with Crippen molar-refractivity contribution in [2.45, 2.75) is 10.9 Å². The van der Waals surface area contributed by atoms with Gasteiger partial charge in [-0.2, -0.15) is 0 Å². The van der Waals surface area contributed by atoms with Gasteiger partial charge in [-0.3, -0.25) is 14.9 Å². The third-order valence-corrected chi connectivity index (χ3v) is 4.22. The van der Waals surface area contributed by atoms with Crippen molar-refractivity contribution in [1.29, 1.82) is 0 Å². The Balaban J connectivity index is 1.78. The Morgan fingerprint density at radius 2 is 2.00 bits per heavy atom. The van der Waals surface area contributed by atoms with Gasteiger partial charge in [0, 0.05) is 17.9 Å². The van der Waals surface area contributed by atoms with Crippen LogP contribution in [-0.4, -0.2) is 20.8 Å². The molecule has 0 aliphatic rings. The Kier molecular flexibility index (Phi) is 3.98. The van der Waals surface area contributed by atoms with Gasteiger partial charge in [0.05, 0.1) is 16.0 Å². The number of carbonyl (C=O) groups excluding carboxylic acids is 1. The predicted octanol–water partition coefficient (Wildman–Crippen LogP) is 2.86. The average molecular weight is 328 g/mol. The molecule has 7 nitrogen and oxygen atoms in total. The molecule has 8 heteroatoms. The topological polar surface area (TPSA) is 115 Å². The van der Waals surface area contributed by atoms with Crippen LogP contribution in [0.15, 0.2) is 47.6 Å². The number of nitrogens with zero attached hydrogens (tertiary/aromatic N) is 2. The number of benzene rings is 2. The number of rotatable bonds is 5. The summed E-state index contributed by atoms with van der Waals surface area (Å²) in [5.41, 5.74) is 8.01. The summed E-state index contributed by atoms with van der Waals surface area (Å²) in [5.74, 6) is 0.0815. The molecule has 0 saturated heterocycles. The number of aromatic amines is 1. The first-order chi connectivity index (χ1) is 11.0. The van der Waals surface area contributed by atoms with Crippen LogP contribution in [0, 0.1) is 10.1 Å². The van der Waals surface area contributed by atoms with Crippen molar-refractivity contribution >= 4 is 34.4 Å². The number of nitro benzene ring substituents is 1. The van der Waals surface area contributed by atoms with Crippen molar-refractivity contribution in [3.63, 3.8) is 0 Å².